The highest BCUT2D eigenvalue weighted by molar-refractivity contribution is 6.05. The summed E-state index contributed by atoms with van der Waals surface area (Å²) in [6.45, 7) is 0.269. The molecule has 0 radical (unpaired) electrons. The maximum absolute atomic E-state index is 14.8. The smallest absolute Gasteiger partial charge is 0.306 e. The zero-order valence-electron chi connectivity index (χ0n) is 25.7. The van der Waals surface area contributed by atoms with Crippen molar-refractivity contribution in [3.8, 4) is 5.75 Å². The van der Waals surface area contributed by atoms with Crippen LogP contribution >= 0.6 is 0 Å². The van der Waals surface area contributed by atoms with Crippen molar-refractivity contribution in [1.29, 1.82) is 0 Å². The number of anilines is 1. The lowest BCUT2D eigenvalue weighted by Gasteiger charge is -2.36. The van der Waals surface area contributed by atoms with Crippen LogP contribution in [0.25, 0.3) is 0 Å². The zero-order chi connectivity index (χ0) is 32.3. The summed E-state index contributed by atoms with van der Waals surface area (Å²) in [6.07, 6.45) is 7.94. The average Bonchev–Trinajstić information content (AvgIpc) is 3.72. The summed E-state index contributed by atoms with van der Waals surface area (Å²) in [4.78, 5) is 59.0. The zero-order valence-corrected chi connectivity index (χ0v) is 25.7. The number of hydrogen-bond donors (Lipinski definition) is 2. The summed E-state index contributed by atoms with van der Waals surface area (Å²) in [5.41, 5.74) is -0.00814. The van der Waals surface area contributed by atoms with Gasteiger partial charge in [0.1, 0.15) is 24.0 Å². The lowest BCUT2D eigenvalue weighted by molar-refractivity contribution is -0.145. The summed E-state index contributed by atoms with van der Waals surface area (Å²) in [6, 6.07) is 14.6. The van der Waals surface area contributed by atoms with Crippen LogP contribution in [0.4, 0.5) is 5.69 Å². The number of methoxy groups -OCH3 is 1. The standard InChI is InChI=1S/C35H39N3O8/c1-44-25-15-13-24(14-16-25)37-19-7-3-6-12-28(40)45-22-26(23-10-4-2-5-11-23)36-32(41)29-27-17-18-35(46-27)30(29)33(42)38(20-8-9-21-39)31(35)34(37)43/h2-5,7,10-11,13-18,26-27,29-31,39H,6,8-9,12,19-22H2,1H3,(H,36,41)/b7-3-/t26-,27-,29+,30+,31-,35+/m1/s1. The summed E-state index contributed by atoms with van der Waals surface area (Å²) >= 11 is 0. The van der Waals surface area contributed by atoms with Crippen LogP contribution < -0.4 is 15.0 Å². The number of unbranched alkanes of at least 4 members (excludes halogenated alkanes) is 1. The number of nitrogens with one attached hydrogen (secondary N) is 1. The quantitative estimate of drug-likeness (QED) is 0.271. The lowest BCUT2D eigenvalue weighted by atomic mass is 9.74. The summed E-state index contributed by atoms with van der Waals surface area (Å²) in [5, 5.41) is 12.5. The molecule has 11 heteroatoms. The molecule has 0 unspecified atom stereocenters. The molecule has 6 atom stereocenters. The number of aliphatic hydroxyl groups is 1. The molecule has 6 rings (SSSR count). The van der Waals surface area contributed by atoms with E-state index in [1.165, 1.54) is 4.90 Å². The maximum Gasteiger partial charge on any atom is 0.306 e. The van der Waals surface area contributed by atoms with Crippen molar-refractivity contribution in [2.24, 2.45) is 11.8 Å². The van der Waals surface area contributed by atoms with Crippen LogP contribution in [0.1, 0.15) is 37.3 Å². The number of likely N-dealkylation sites (tertiary alicyclic amines) is 1. The van der Waals surface area contributed by atoms with E-state index in [0.717, 1.165) is 5.56 Å². The van der Waals surface area contributed by atoms with Gasteiger partial charge in [-0.1, -0.05) is 54.6 Å². The largest absolute Gasteiger partial charge is 0.497 e. The van der Waals surface area contributed by atoms with Gasteiger partial charge in [0, 0.05) is 31.8 Å². The first-order valence-corrected chi connectivity index (χ1v) is 15.8. The molecule has 2 aromatic carbocycles. The van der Waals surface area contributed by atoms with Crippen LogP contribution in [0.3, 0.4) is 0 Å². The number of fused-ring (bicyclic) bond motifs is 2. The topological polar surface area (TPSA) is 135 Å². The molecule has 4 aliphatic rings. The lowest BCUT2D eigenvalue weighted by Crippen LogP contribution is -2.56. The molecule has 4 aliphatic heterocycles. The molecule has 4 heterocycles. The molecule has 1 spiro atoms. The summed E-state index contributed by atoms with van der Waals surface area (Å²) in [7, 11) is 1.56. The van der Waals surface area contributed by atoms with E-state index in [4.69, 9.17) is 14.2 Å². The van der Waals surface area contributed by atoms with Crippen molar-refractivity contribution in [1.82, 2.24) is 10.2 Å². The van der Waals surface area contributed by atoms with Gasteiger partial charge in [0.2, 0.25) is 11.8 Å². The molecule has 242 valence electrons. The number of rotatable bonds is 7. The fourth-order valence-electron chi connectivity index (χ4n) is 7.04. The number of benzene rings is 2. The Labute approximate surface area is 267 Å². The molecule has 0 saturated carbocycles. The molecular formula is C35H39N3O8. The van der Waals surface area contributed by atoms with Gasteiger partial charge in [-0.2, -0.15) is 0 Å². The number of cyclic esters (lactones) is 1. The minimum atomic E-state index is -1.35. The first-order valence-electron chi connectivity index (χ1n) is 15.8. The summed E-state index contributed by atoms with van der Waals surface area (Å²) in [5.74, 6) is -2.73. The van der Waals surface area contributed by atoms with Crippen molar-refractivity contribution in [3.63, 3.8) is 0 Å². The van der Waals surface area contributed by atoms with Crippen molar-refractivity contribution < 1.29 is 38.5 Å². The Kier molecular flexibility index (Phi) is 9.23. The third-order valence-electron chi connectivity index (χ3n) is 9.27. The van der Waals surface area contributed by atoms with Crippen LogP contribution in [0, 0.1) is 11.8 Å². The van der Waals surface area contributed by atoms with E-state index in [9.17, 15) is 24.3 Å². The molecule has 46 heavy (non-hydrogen) atoms. The first kappa shape index (κ1) is 31.5. The second-order valence-electron chi connectivity index (χ2n) is 12.0. The SMILES string of the molecule is COc1ccc(N2C/C=C\CCC(=O)OC[C@H](c3ccccc3)NC(=O)[C@@H]3[C@H]4C(=O)N(CCCCO)[C@H](C2=O)[C@]42C=C[C@H]3O2)cc1. The second kappa shape index (κ2) is 13.5. The van der Waals surface area contributed by atoms with Crippen molar-refractivity contribution >= 4 is 29.4 Å². The van der Waals surface area contributed by atoms with Gasteiger partial charge in [-0.25, -0.2) is 0 Å². The normalized spacial score (nSPS) is 30.3. The van der Waals surface area contributed by atoms with E-state index in [1.807, 2.05) is 42.5 Å². The van der Waals surface area contributed by atoms with Gasteiger partial charge < -0.3 is 34.4 Å². The van der Waals surface area contributed by atoms with Gasteiger partial charge in [-0.05, 0) is 49.1 Å². The van der Waals surface area contributed by atoms with E-state index in [2.05, 4.69) is 5.32 Å². The number of aliphatic hydroxyl groups excluding tert-OH is 1. The predicted molar refractivity (Wildman–Crippen MR) is 168 cm³/mol. The molecule has 2 N–H and O–H groups in total. The van der Waals surface area contributed by atoms with Crippen molar-refractivity contribution in [2.45, 2.75) is 49.5 Å². The molecule has 2 saturated heterocycles. The molecule has 11 nitrogen and oxygen atoms in total. The Balaban J connectivity index is 1.41. The van der Waals surface area contributed by atoms with Crippen LogP contribution in [-0.2, 0) is 28.7 Å². The van der Waals surface area contributed by atoms with Crippen LogP contribution in [0.5, 0.6) is 5.75 Å². The summed E-state index contributed by atoms with van der Waals surface area (Å²) < 4.78 is 17.5. The van der Waals surface area contributed by atoms with Crippen LogP contribution in [-0.4, -0.2) is 84.9 Å². The highest BCUT2D eigenvalue weighted by Gasteiger charge is 2.73. The third-order valence-corrected chi connectivity index (χ3v) is 9.27. The fraction of sp³-hybridized carbons (Fsp3) is 0.429. The molecule has 2 fully saturated rings. The number of hydrogen-bond acceptors (Lipinski definition) is 8. The minimum absolute atomic E-state index is 0.0487. The fourth-order valence-corrected chi connectivity index (χ4v) is 7.04. The second-order valence-corrected chi connectivity index (χ2v) is 12.0. The number of nitrogens with zero attached hydrogens (tertiary/aromatic N) is 2. The van der Waals surface area contributed by atoms with Crippen LogP contribution in [0.2, 0.25) is 0 Å². The van der Waals surface area contributed by atoms with Gasteiger partial charge in [0.15, 0.2) is 0 Å². The van der Waals surface area contributed by atoms with E-state index in [-0.39, 0.29) is 44.5 Å². The molecule has 5 bridgehead atoms. The number of amides is 3. The molecule has 0 aliphatic carbocycles. The first-order chi connectivity index (χ1) is 22.4. The van der Waals surface area contributed by atoms with Gasteiger partial charge in [0.05, 0.1) is 31.1 Å². The Morgan fingerprint density at radius 1 is 1.00 bits per heavy atom. The van der Waals surface area contributed by atoms with E-state index >= 15 is 0 Å². The highest BCUT2D eigenvalue weighted by atomic mass is 16.5. The van der Waals surface area contributed by atoms with E-state index in [0.29, 0.717) is 30.7 Å². The number of allylic oxidation sites excluding steroid dienone is 1. The van der Waals surface area contributed by atoms with Gasteiger partial charge >= 0.3 is 5.97 Å². The third kappa shape index (κ3) is 5.80. The van der Waals surface area contributed by atoms with Crippen molar-refractivity contribution in [2.75, 3.05) is 38.3 Å². The van der Waals surface area contributed by atoms with E-state index in [1.54, 1.807) is 48.4 Å². The Bertz CT molecular complexity index is 1510. The Morgan fingerprint density at radius 3 is 2.52 bits per heavy atom. The average molecular weight is 630 g/mol. The number of ether oxygens (including phenoxy) is 3. The maximum atomic E-state index is 14.8. The minimum Gasteiger partial charge on any atom is -0.497 e. The molecule has 2 aromatic rings. The van der Waals surface area contributed by atoms with E-state index < -0.39 is 47.5 Å². The Morgan fingerprint density at radius 2 is 1.78 bits per heavy atom. The highest BCUT2D eigenvalue weighted by Crippen LogP contribution is 2.55. The van der Waals surface area contributed by atoms with Gasteiger partial charge in [-0.3, -0.25) is 19.2 Å². The molecule has 3 amide bonds. The number of carbonyl (C=O) groups excluding carboxylic acids is 4. The van der Waals surface area contributed by atoms with Crippen molar-refractivity contribution in [3.05, 3.63) is 84.5 Å². The predicted octanol–water partition coefficient (Wildman–Crippen LogP) is 2.70. The van der Waals surface area contributed by atoms with Gasteiger partial charge in [-0.15, -0.1) is 0 Å². The monoisotopic (exact) mass is 629 g/mol. The number of esters is 1. The molecule has 0 aromatic heterocycles. The Hall–Kier alpha value is -4.48. The van der Waals surface area contributed by atoms with Gasteiger partial charge in [0.25, 0.3) is 5.91 Å². The van der Waals surface area contributed by atoms with Crippen LogP contribution in [0.15, 0.2) is 78.9 Å². The molecular weight excluding hydrogens is 590 g/mol. The number of carbonyl (C=O) groups is 4.